The highest BCUT2D eigenvalue weighted by atomic mass is 16.2. The van der Waals surface area contributed by atoms with E-state index in [1.54, 1.807) is 0 Å². The third-order valence-electron chi connectivity index (χ3n) is 3.49. The molecule has 1 aliphatic rings. The van der Waals surface area contributed by atoms with Gasteiger partial charge in [-0.15, -0.1) is 0 Å². The summed E-state index contributed by atoms with van der Waals surface area (Å²) in [7, 11) is 0. The van der Waals surface area contributed by atoms with Gasteiger partial charge in [-0.3, -0.25) is 4.79 Å². The highest BCUT2D eigenvalue weighted by Crippen LogP contribution is 2.28. The highest BCUT2D eigenvalue weighted by molar-refractivity contribution is 5.99. The van der Waals surface area contributed by atoms with Gasteiger partial charge in [0.2, 0.25) is 5.91 Å². The first-order valence-corrected chi connectivity index (χ1v) is 6.47. The van der Waals surface area contributed by atoms with E-state index < -0.39 is 6.04 Å². The fourth-order valence-electron chi connectivity index (χ4n) is 2.41. The van der Waals surface area contributed by atoms with Crippen LogP contribution in [0.2, 0.25) is 0 Å². The molecule has 0 spiro atoms. The van der Waals surface area contributed by atoms with Crippen molar-refractivity contribution in [2.45, 2.75) is 38.8 Å². The topological polar surface area (TPSA) is 56.1 Å². The molecule has 1 saturated heterocycles. The molecule has 4 heteroatoms. The zero-order valence-corrected chi connectivity index (χ0v) is 11.6. The Morgan fingerprint density at radius 1 is 1.42 bits per heavy atom. The Balaban J connectivity index is 2.35. The van der Waals surface area contributed by atoms with Gasteiger partial charge >= 0.3 is 0 Å². The van der Waals surface area contributed by atoms with Crippen molar-refractivity contribution in [3.63, 3.8) is 0 Å². The Kier molecular flexibility index (Phi) is 3.59. The number of hydrogen-bond donors (Lipinski definition) is 1. The lowest BCUT2D eigenvalue weighted by molar-refractivity contribution is -0.123. The lowest BCUT2D eigenvalue weighted by Crippen LogP contribution is -2.65. The van der Waals surface area contributed by atoms with Crippen molar-refractivity contribution in [2.75, 3.05) is 11.4 Å². The van der Waals surface area contributed by atoms with Crippen molar-refractivity contribution < 1.29 is 4.79 Å². The van der Waals surface area contributed by atoms with E-state index in [1.165, 1.54) is 0 Å². The van der Waals surface area contributed by atoms with Crippen molar-refractivity contribution in [1.29, 1.82) is 5.26 Å². The molecule has 1 aliphatic heterocycles. The molecule has 0 bridgehead atoms. The highest BCUT2D eigenvalue weighted by Gasteiger charge is 2.40. The summed E-state index contributed by atoms with van der Waals surface area (Å²) in [4.78, 5) is 14.3. The Bertz CT molecular complexity index is 513. The van der Waals surface area contributed by atoms with Gasteiger partial charge in [-0.25, -0.2) is 0 Å². The van der Waals surface area contributed by atoms with Crippen LogP contribution < -0.4 is 10.2 Å². The minimum atomic E-state index is -0.403. The number of rotatable bonds is 2. The van der Waals surface area contributed by atoms with Crippen molar-refractivity contribution in [2.24, 2.45) is 0 Å². The number of aryl methyl sites for hydroxylation is 1. The molecular weight excluding hydrogens is 238 g/mol. The molecule has 1 aromatic rings. The van der Waals surface area contributed by atoms with E-state index in [2.05, 4.69) is 11.4 Å². The maximum Gasteiger partial charge on any atom is 0.245 e. The first-order chi connectivity index (χ1) is 8.95. The molecule has 1 heterocycles. The number of anilines is 1. The van der Waals surface area contributed by atoms with Crippen LogP contribution >= 0.6 is 0 Å². The molecule has 100 valence electrons. The predicted octanol–water partition coefficient (Wildman–Crippen LogP) is 1.99. The van der Waals surface area contributed by atoms with E-state index in [0.29, 0.717) is 6.54 Å². The standard InChI is InChI=1S/C15H19N3O/c1-11-4-6-12(7-5-11)18-14(19)13(8-9-16)17-10-15(18,2)3/h4-7,13,17H,8,10H2,1-3H3. The maximum atomic E-state index is 12.5. The smallest absolute Gasteiger partial charge is 0.245 e. The summed E-state index contributed by atoms with van der Waals surface area (Å²) in [6.45, 7) is 6.76. The number of carbonyl (C=O) groups is 1. The van der Waals surface area contributed by atoms with E-state index in [4.69, 9.17) is 5.26 Å². The Morgan fingerprint density at radius 3 is 2.63 bits per heavy atom. The van der Waals surface area contributed by atoms with Crippen LogP contribution in [0.25, 0.3) is 0 Å². The third-order valence-corrected chi connectivity index (χ3v) is 3.49. The van der Waals surface area contributed by atoms with Gasteiger partial charge in [-0.05, 0) is 32.9 Å². The molecular formula is C15H19N3O. The monoisotopic (exact) mass is 257 g/mol. The summed E-state index contributed by atoms with van der Waals surface area (Å²) in [5.74, 6) is -0.0262. The lowest BCUT2D eigenvalue weighted by atomic mass is 9.94. The van der Waals surface area contributed by atoms with Crippen LogP contribution in [-0.2, 0) is 4.79 Å². The molecule has 0 radical (unpaired) electrons. The zero-order valence-electron chi connectivity index (χ0n) is 11.6. The molecule has 2 rings (SSSR count). The summed E-state index contributed by atoms with van der Waals surface area (Å²) in [6.07, 6.45) is 0.206. The number of amides is 1. The second kappa shape index (κ2) is 5.02. The fourth-order valence-corrected chi connectivity index (χ4v) is 2.41. The van der Waals surface area contributed by atoms with Crippen LogP contribution in [0.5, 0.6) is 0 Å². The average molecular weight is 257 g/mol. The Labute approximate surface area is 114 Å². The van der Waals surface area contributed by atoms with Gasteiger partial charge in [0.1, 0.15) is 6.04 Å². The van der Waals surface area contributed by atoms with E-state index in [1.807, 2.05) is 49.9 Å². The van der Waals surface area contributed by atoms with Crippen molar-refractivity contribution in [3.05, 3.63) is 29.8 Å². The molecule has 1 aromatic carbocycles. The number of nitrogens with zero attached hydrogens (tertiary/aromatic N) is 2. The van der Waals surface area contributed by atoms with Crippen LogP contribution in [0, 0.1) is 18.3 Å². The number of nitrogens with one attached hydrogen (secondary N) is 1. The molecule has 19 heavy (non-hydrogen) atoms. The number of hydrogen-bond acceptors (Lipinski definition) is 3. The normalized spacial score (nSPS) is 22.1. The number of benzene rings is 1. The summed E-state index contributed by atoms with van der Waals surface area (Å²) >= 11 is 0. The molecule has 1 fully saturated rings. The average Bonchev–Trinajstić information content (AvgIpc) is 2.35. The van der Waals surface area contributed by atoms with Crippen LogP contribution in [0.4, 0.5) is 5.69 Å². The minimum absolute atomic E-state index is 0.0262. The van der Waals surface area contributed by atoms with Gasteiger partial charge in [0.05, 0.1) is 18.0 Å². The van der Waals surface area contributed by atoms with Gasteiger partial charge in [-0.1, -0.05) is 17.7 Å². The summed E-state index contributed by atoms with van der Waals surface area (Å²) in [6, 6.07) is 9.59. The van der Waals surface area contributed by atoms with E-state index >= 15 is 0 Å². The van der Waals surface area contributed by atoms with Crippen molar-refractivity contribution >= 4 is 11.6 Å². The largest absolute Gasteiger partial charge is 0.304 e. The van der Waals surface area contributed by atoms with Crippen LogP contribution in [0.15, 0.2) is 24.3 Å². The number of carbonyl (C=O) groups excluding carboxylic acids is 1. The molecule has 0 aromatic heterocycles. The van der Waals surface area contributed by atoms with Gasteiger partial charge in [0.15, 0.2) is 0 Å². The minimum Gasteiger partial charge on any atom is -0.304 e. The molecule has 1 unspecified atom stereocenters. The molecule has 0 aliphatic carbocycles. The fraction of sp³-hybridized carbons (Fsp3) is 0.467. The Morgan fingerprint density at radius 2 is 2.05 bits per heavy atom. The molecule has 1 atom stereocenters. The van der Waals surface area contributed by atoms with Gasteiger partial charge < -0.3 is 10.2 Å². The van der Waals surface area contributed by atoms with Crippen LogP contribution in [0.3, 0.4) is 0 Å². The second-order valence-electron chi connectivity index (χ2n) is 5.62. The lowest BCUT2D eigenvalue weighted by Gasteiger charge is -2.45. The maximum absolute atomic E-state index is 12.5. The zero-order chi connectivity index (χ0) is 14.0. The third kappa shape index (κ3) is 2.61. The van der Waals surface area contributed by atoms with Crippen LogP contribution in [-0.4, -0.2) is 24.0 Å². The second-order valence-corrected chi connectivity index (χ2v) is 5.62. The summed E-state index contributed by atoms with van der Waals surface area (Å²) < 4.78 is 0. The first-order valence-electron chi connectivity index (χ1n) is 6.47. The van der Waals surface area contributed by atoms with E-state index in [9.17, 15) is 4.79 Å². The molecule has 4 nitrogen and oxygen atoms in total. The van der Waals surface area contributed by atoms with Crippen LogP contribution in [0.1, 0.15) is 25.8 Å². The van der Waals surface area contributed by atoms with E-state index in [0.717, 1.165) is 11.3 Å². The number of nitriles is 1. The summed E-state index contributed by atoms with van der Waals surface area (Å²) in [5, 5.41) is 12.0. The van der Waals surface area contributed by atoms with E-state index in [-0.39, 0.29) is 17.9 Å². The Hall–Kier alpha value is -1.86. The van der Waals surface area contributed by atoms with Crippen molar-refractivity contribution in [1.82, 2.24) is 5.32 Å². The van der Waals surface area contributed by atoms with Crippen molar-refractivity contribution in [3.8, 4) is 6.07 Å². The predicted molar refractivity (Wildman–Crippen MR) is 74.8 cm³/mol. The summed E-state index contributed by atoms with van der Waals surface area (Å²) in [5.41, 5.74) is 1.76. The number of piperazine rings is 1. The molecule has 1 N–H and O–H groups in total. The first kappa shape index (κ1) is 13.6. The molecule has 0 saturated carbocycles. The van der Waals surface area contributed by atoms with Gasteiger partial charge in [0.25, 0.3) is 0 Å². The SMILES string of the molecule is Cc1ccc(N2C(=O)C(CC#N)NCC2(C)C)cc1. The quantitative estimate of drug-likeness (QED) is 0.881. The molecule has 1 amide bonds. The van der Waals surface area contributed by atoms with Gasteiger partial charge in [0, 0.05) is 12.2 Å². The van der Waals surface area contributed by atoms with Gasteiger partial charge in [-0.2, -0.15) is 5.26 Å².